The lowest BCUT2D eigenvalue weighted by Crippen LogP contribution is -2.46. The average molecular weight is 368 g/mol. The summed E-state index contributed by atoms with van der Waals surface area (Å²) in [6.07, 6.45) is 1.71. The van der Waals surface area contributed by atoms with Crippen molar-refractivity contribution in [2.75, 3.05) is 43.1 Å². The molecule has 1 amide bonds. The maximum absolute atomic E-state index is 12.4. The van der Waals surface area contributed by atoms with Gasteiger partial charge in [-0.15, -0.1) is 0 Å². The number of benzene rings is 1. The Balaban J connectivity index is 1.63. The molecule has 6 nitrogen and oxygen atoms in total. The number of nitrogens with one attached hydrogen (secondary N) is 1. The lowest BCUT2D eigenvalue weighted by Gasteiger charge is -2.37. The van der Waals surface area contributed by atoms with E-state index in [-0.39, 0.29) is 11.4 Å². The van der Waals surface area contributed by atoms with Crippen molar-refractivity contribution < 1.29 is 9.53 Å². The predicted octanol–water partition coefficient (Wildman–Crippen LogP) is 2.95. The van der Waals surface area contributed by atoms with Gasteiger partial charge in [0.05, 0.1) is 7.11 Å². The molecule has 0 saturated carbocycles. The predicted molar refractivity (Wildman–Crippen MR) is 109 cm³/mol. The van der Waals surface area contributed by atoms with Crippen molar-refractivity contribution in [3.05, 3.63) is 48.3 Å². The molecule has 0 spiro atoms. The lowest BCUT2D eigenvalue weighted by atomic mass is 10.1. The molecule has 144 valence electrons. The number of amides is 1. The fourth-order valence-corrected chi connectivity index (χ4v) is 3.16. The van der Waals surface area contributed by atoms with E-state index in [2.05, 4.69) is 32.2 Å². The number of anilines is 2. The number of carbonyl (C=O) groups excluding carboxylic acids is 1. The molecule has 1 saturated heterocycles. The Morgan fingerprint density at radius 1 is 1.00 bits per heavy atom. The van der Waals surface area contributed by atoms with Gasteiger partial charge in [0, 0.05) is 49.3 Å². The van der Waals surface area contributed by atoms with E-state index in [1.165, 1.54) is 5.69 Å². The van der Waals surface area contributed by atoms with Crippen LogP contribution in [-0.4, -0.2) is 49.7 Å². The second kappa shape index (κ2) is 7.86. The van der Waals surface area contributed by atoms with Crippen LogP contribution in [-0.2, 0) is 0 Å². The number of pyridine rings is 1. The van der Waals surface area contributed by atoms with Gasteiger partial charge >= 0.3 is 0 Å². The maximum atomic E-state index is 12.4. The highest BCUT2D eigenvalue weighted by Crippen LogP contribution is 2.23. The molecule has 1 N–H and O–H groups in total. The van der Waals surface area contributed by atoms with Gasteiger partial charge in [-0.1, -0.05) is 0 Å². The first kappa shape index (κ1) is 19.0. The summed E-state index contributed by atoms with van der Waals surface area (Å²) in [5.41, 5.74) is 2.42. The molecule has 0 radical (unpaired) electrons. The second-order valence-electron chi connectivity index (χ2n) is 7.78. The van der Waals surface area contributed by atoms with Gasteiger partial charge in [0.1, 0.15) is 11.4 Å². The van der Waals surface area contributed by atoms with E-state index in [0.29, 0.717) is 5.69 Å². The SMILES string of the molecule is COc1ccc(N2CCN(c3ccnc(C(=O)NC(C)(C)C)c3)CC2)cc1. The number of piperazine rings is 1. The zero-order valence-electron chi connectivity index (χ0n) is 16.5. The standard InChI is InChI=1S/C21H28N4O2/c1-21(2,3)23-20(26)19-15-17(9-10-22-19)25-13-11-24(12-14-25)16-5-7-18(27-4)8-6-16/h5-10,15H,11-14H2,1-4H3,(H,23,26). The van der Waals surface area contributed by atoms with Crippen molar-refractivity contribution in [3.63, 3.8) is 0 Å². The third kappa shape index (κ3) is 4.90. The summed E-state index contributed by atoms with van der Waals surface area (Å²) in [5.74, 6) is 0.733. The first-order valence-electron chi connectivity index (χ1n) is 9.28. The van der Waals surface area contributed by atoms with Crippen LogP contribution in [0.15, 0.2) is 42.6 Å². The molecule has 2 aromatic rings. The van der Waals surface area contributed by atoms with Gasteiger partial charge in [0.2, 0.25) is 0 Å². The number of nitrogens with zero attached hydrogens (tertiary/aromatic N) is 3. The van der Waals surface area contributed by atoms with Gasteiger partial charge in [-0.3, -0.25) is 9.78 Å². The number of carbonyl (C=O) groups is 1. The summed E-state index contributed by atoms with van der Waals surface area (Å²) in [7, 11) is 1.68. The van der Waals surface area contributed by atoms with Crippen LogP contribution in [0, 0.1) is 0 Å². The van der Waals surface area contributed by atoms with E-state index in [4.69, 9.17) is 4.74 Å². The molecule has 2 heterocycles. The summed E-state index contributed by atoms with van der Waals surface area (Å²) < 4.78 is 5.23. The lowest BCUT2D eigenvalue weighted by molar-refractivity contribution is 0.0914. The van der Waals surface area contributed by atoms with Gasteiger partial charge in [-0.2, -0.15) is 0 Å². The molecule has 1 fully saturated rings. The zero-order valence-corrected chi connectivity index (χ0v) is 16.5. The number of rotatable bonds is 4. The van der Waals surface area contributed by atoms with E-state index in [1.807, 2.05) is 45.0 Å². The molecule has 3 rings (SSSR count). The van der Waals surface area contributed by atoms with Crippen molar-refractivity contribution in [1.82, 2.24) is 10.3 Å². The van der Waals surface area contributed by atoms with Crippen molar-refractivity contribution in [2.24, 2.45) is 0 Å². The van der Waals surface area contributed by atoms with Gasteiger partial charge < -0.3 is 19.9 Å². The smallest absolute Gasteiger partial charge is 0.270 e. The summed E-state index contributed by atoms with van der Waals surface area (Å²) >= 11 is 0. The van der Waals surface area contributed by atoms with Crippen LogP contribution in [0.2, 0.25) is 0 Å². The molecule has 0 bridgehead atoms. The number of hydrogen-bond donors (Lipinski definition) is 1. The summed E-state index contributed by atoms with van der Waals surface area (Å²) in [6, 6.07) is 12.0. The summed E-state index contributed by atoms with van der Waals surface area (Å²) in [6.45, 7) is 9.55. The minimum atomic E-state index is -0.279. The molecule has 6 heteroatoms. The average Bonchev–Trinajstić information content (AvgIpc) is 2.67. The van der Waals surface area contributed by atoms with Gasteiger partial charge in [0.15, 0.2) is 0 Å². The molecule has 1 aliphatic rings. The van der Waals surface area contributed by atoms with Gasteiger partial charge in [-0.05, 0) is 57.2 Å². The first-order chi connectivity index (χ1) is 12.9. The molecule has 0 aliphatic carbocycles. The largest absolute Gasteiger partial charge is 0.497 e. The highest BCUT2D eigenvalue weighted by Gasteiger charge is 2.20. The van der Waals surface area contributed by atoms with Crippen molar-refractivity contribution in [1.29, 1.82) is 0 Å². The Kier molecular flexibility index (Phi) is 5.54. The molecule has 0 unspecified atom stereocenters. The second-order valence-corrected chi connectivity index (χ2v) is 7.78. The quantitative estimate of drug-likeness (QED) is 0.899. The van der Waals surface area contributed by atoms with Crippen LogP contribution in [0.4, 0.5) is 11.4 Å². The van der Waals surface area contributed by atoms with Crippen LogP contribution >= 0.6 is 0 Å². The highest BCUT2D eigenvalue weighted by atomic mass is 16.5. The van der Waals surface area contributed by atoms with Crippen LogP contribution in [0.3, 0.4) is 0 Å². The third-order valence-corrected chi connectivity index (χ3v) is 4.55. The van der Waals surface area contributed by atoms with Crippen molar-refractivity contribution >= 4 is 17.3 Å². The first-order valence-corrected chi connectivity index (χ1v) is 9.28. The fraction of sp³-hybridized carbons (Fsp3) is 0.429. The van der Waals surface area contributed by atoms with Crippen LogP contribution in [0.5, 0.6) is 5.75 Å². The Hall–Kier alpha value is -2.76. The van der Waals surface area contributed by atoms with Crippen LogP contribution < -0.4 is 19.9 Å². The topological polar surface area (TPSA) is 57.7 Å². The summed E-state index contributed by atoms with van der Waals surface area (Å²) in [4.78, 5) is 21.3. The highest BCUT2D eigenvalue weighted by molar-refractivity contribution is 5.93. The number of methoxy groups -OCH3 is 1. The number of hydrogen-bond acceptors (Lipinski definition) is 5. The molecule has 1 aromatic carbocycles. The molecule has 1 aliphatic heterocycles. The van der Waals surface area contributed by atoms with Crippen molar-refractivity contribution in [3.8, 4) is 5.75 Å². The van der Waals surface area contributed by atoms with Crippen LogP contribution in [0.25, 0.3) is 0 Å². The summed E-state index contributed by atoms with van der Waals surface area (Å²) in [5, 5.41) is 2.97. The Bertz CT molecular complexity index is 776. The van der Waals surface area contributed by atoms with E-state index in [9.17, 15) is 4.79 Å². The van der Waals surface area contributed by atoms with E-state index in [1.54, 1.807) is 13.3 Å². The number of aromatic nitrogens is 1. The molecule has 1 aromatic heterocycles. The minimum absolute atomic E-state index is 0.138. The van der Waals surface area contributed by atoms with E-state index < -0.39 is 0 Å². The molecule has 27 heavy (non-hydrogen) atoms. The van der Waals surface area contributed by atoms with Crippen molar-refractivity contribution in [2.45, 2.75) is 26.3 Å². The van der Waals surface area contributed by atoms with E-state index in [0.717, 1.165) is 37.6 Å². The van der Waals surface area contributed by atoms with E-state index >= 15 is 0 Å². The van der Waals surface area contributed by atoms with Gasteiger partial charge in [0.25, 0.3) is 5.91 Å². The normalized spacial score (nSPS) is 14.8. The Labute approximate surface area is 161 Å². The maximum Gasteiger partial charge on any atom is 0.270 e. The molecule has 0 atom stereocenters. The number of ether oxygens (including phenoxy) is 1. The molecular weight excluding hydrogens is 340 g/mol. The zero-order chi connectivity index (χ0) is 19.4. The minimum Gasteiger partial charge on any atom is -0.497 e. The monoisotopic (exact) mass is 368 g/mol. The van der Waals surface area contributed by atoms with Crippen LogP contribution in [0.1, 0.15) is 31.3 Å². The van der Waals surface area contributed by atoms with Gasteiger partial charge in [-0.25, -0.2) is 0 Å². The Morgan fingerprint density at radius 2 is 1.59 bits per heavy atom. The third-order valence-electron chi connectivity index (χ3n) is 4.55. The fourth-order valence-electron chi connectivity index (χ4n) is 3.16. The molecular formula is C21H28N4O2. The Morgan fingerprint density at radius 3 is 2.15 bits per heavy atom.